The molecule has 0 bridgehead atoms. The number of ether oxygens (including phenoxy) is 2. The molecule has 2 rings (SSSR count). The molecule has 0 N–H and O–H groups in total. The van der Waals surface area contributed by atoms with Gasteiger partial charge in [-0.2, -0.15) is 0 Å². The second-order valence-electron chi connectivity index (χ2n) is 4.55. The van der Waals surface area contributed by atoms with Crippen LogP contribution in [0.4, 0.5) is 0 Å². The second kappa shape index (κ2) is 10.3. The topological polar surface area (TPSA) is 18.5 Å². The molecule has 0 aliphatic rings. The van der Waals surface area contributed by atoms with Crippen LogP contribution in [0.25, 0.3) is 12.2 Å². The molecule has 0 aliphatic heterocycles. The Hall–Kier alpha value is -2.48. The maximum absolute atomic E-state index is 5.02. The summed E-state index contributed by atoms with van der Waals surface area (Å²) in [6, 6.07) is 15.9. The van der Waals surface area contributed by atoms with E-state index in [2.05, 4.69) is 12.2 Å². The smallest absolute Gasteiger partial charge is 0.118 e. The van der Waals surface area contributed by atoms with E-state index in [4.69, 9.17) is 9.47 Å². The van der Waals surface area contributed by atoms with Gasteiger partial charge in [0.2, 0.25) is 0 Å². The first kappa shape index (κ1) is 17.6. The average molecular weight is 296 g/mol. The van der Waals surface area contributed by atoms with Crippen molar-refractivity contribution in [1.29, 1.82) is 0 Å². The summed E-state index contributed by atoms with van der Waals surface area (Å²) < 4.78 is 10.0. The summed E-state index contributed by atoms with van der Waals surface area (Å²) in [5, 5.41) is 0. The molecule has 2 heteroatoms. The molecule has 0 aromatic heterocycles. The number of benzene rings is 2. The highest BCUT2D eigenvalue weighted by Gasteiger charge is 1.88. The van der Waals surface area contributed by atoms with Crippen LogP contribution in [0.3, 0.4) is 0 Å². The Bertz CT molecular complexity index is 523. The predicted molar refractivity (Wildman–Crippen MR) is 95.4 cm³/mol. The Morgan fingerprint density at radius 1 is 0.591 bits per heavy atom. The fraction of sp³-hybridized carbons (Fsp3) is 0.200. The van der Waals surface area contributed by atoms with Gasteiger partial charge in [0.25, 0.3) is 0 Å². The Balaban J connectivity index is 0.000000220. The number of methoxy groups -OCH3 is 2. The van der Waals surface area contributed by atoms with E-state index < -0.39 is 0 Å². The van der Waals surface area contributed by atoms with Gasteiger partial charge in [0, 0.05) is 0 Å². The van der Waals surface area contributed by atoms with Crippen LogP contribution >= 0.6 is 0 Å². The van der Waals surface area contributed by atoms with E-state index in [0.717, 1.165) is 11.5 Å². The van der Waals surface area contributed by atoms with Crippen molar-refractivity contribution in [1.82, 2.24) is 0 Å². The van der Waals surface area contributed by atoms with E-state index in [1.807, 2.05) is 74.5 Å². The molecule has 2 aromatic rings. The monoisotopic (exact) mass is 296 g/mol. The van der Waals surface area contributed by atoms with Crippen LogP contribution in [0.15, 0.2) is 60.7 Å². The van der Waals surface area contributed by atoms with E-state index >= 15 is 0 Å². The lowest BCUT2D eigenvalue weighted by atomic mass is 10.2. The van der Waals surface area contributed by atoms with Gasteiger partial charge in [-0.05, 0) is 49.2 Å². The molecular weight excluding hydrogens is 272 g/mol. The summed E-state index contributed by atoms with van der Waals surface area (Å²) in [5.41, 5.74) is 2.40. The maximum atomic E-state index is 5.02. The fourth-order valence-electron chi connectivity index (χ4n) is 1.81. The van der Waals surface area contributed by atoms with Crippen LogP contribution in [-0.2, 0) is 0 Å². The molecule has 0 heterocycles. The second-order valence-corrected chi connectivity index (χ2v) is 4.55. The van der Waals surface area contributed by atoms with E-state index in [1.54, 1.807) is 14.2 Å². The van der Waals surface area contributed by atoms with Crippen molar-refractivity contribution in [2.45, 2.75) is 13.8 Å². The molecule has 0 spiro atoms. The summed E-state index contributed by atoms with van der Waals surface area (Å²) in [4.78, 5) is 0. The van der Waals surface area contributed by atoms with Crippen molar-refractivity contribution in [3.63, 3.8) is 0 Å². The van der Waals surface area contributed by atoms with Gasteiger partial charge in [-0.15, -0.1) is 0 Å². The molecule has 0 saturated carbocycles. The summed E-state index contributed by atoms with van der Waals surface area (Å²) in [7, 11) is 3.34. The largest absolute Gasteiger partial charge is 0.497 e. The minimum Gasteiger partial charge on any atom is -0.497 e. The molecule has 22 heavy (non-hydrogen) atoms. The average Bonchev–Trinajstić information content (AvgIpc) is 2.57. The van der Waals surface area contributed by atoms with Crippen molar-refractivity contribution >= 4 is 12.2 Å². The summed E-state index contributed by atoms with van der Waals surface area (Å²) in [5.74, 6) is 1.80. The summed E-state index contributed by atoms with van der Waals surface area (Å²) in [6.45, 7) is 4.01. The highest BCUT2D eigenvalue weighted by atomic mass is 16.5. The van der Waals surface area contributed by atoms with Gasteiger partial charge in [0.05, 0.1) is 14.2 Å². The highest BCUT2D eigenvalue weighted by Crippen LogP contribution is 2.12. The standard InChI is InChI=1S/2C10H12O/c2*1-3-4-9-5-7-10(11-2)8-6-9/h2*3-8H,1-2H3/b4-3+;. The van der Waals surface area contributed by atoms with Crippen molar-refractivity contribution in [3.8, 4) is 11.5 Å². The zero-order valence-electron chi connectivity index (χ0n) is 13.7. The van der Waals surface area contributed by atoms with Crippen LogP contribution < -0.4 is 9.47 Å². The van der Waals surface area contributed by atoms with Crippen LogP contribution in [-0.4, -0.2) is 14.2 Å². The SMILES string of the molecule is C/C=C/c1ccc(OC)cc1.CC=Cc1ccc(OC)cc1. The van der Waals surface area contributed by atoms with Crippen LogP contribution in [0.2, 0.25) is 0 Å². The van der Waals surface area contributed by atoms with Crippen molar-refractivity contribution in [3.05, 3.63) is 71.8 Å². The molecule has 0 fully saturated rings. The van der Waals surface area contributed by atoms with Gasteiger partial charge in [-0.25, -0.2) is 0 Å². The first-order valence-electron chi connectivity index (χ1n) is 7.27. The molecule has 0 amide bonds. The molecule has 0 aliphatic carbocycles. The minimum absolute atomic E-state index is 0.901. The van der Waals surface area contributed by atoms with Gasteiger partial charge in [-0.3, -0.25) is 0 Å². The highest BCUT2D eigenvalue weighted by molar-refractivity contribution is 5.50. The molecule has 2 nitrogen and oxygen atoms in total. The van der Waals surface area contributed by atoms with Crippen LogP contribution in [0.5, 0.6) is 11.5 Å². The Labute approximate surface area is 133 Å². The first-order chi connectivity index (χ1) is 10.7. The van der Waals surface area contributed by atoms with Gasteiger partial charge in [0.1, 0.15) is 11.5 Å². The van der Waals surface area contributed by atoms with Crippen molar-refractivity contribution < 1.29 is 9.47 Å². The lowest BCUT2D eigenvalue weighted by Gasteiger charge is -1.98. The Kier molecular flexibility index (Phi) is 8.21. The van der Waals surface area contributed by atoms with Crippen molar-refractivity contribution in [2.75, 3.05) is 14.2 Å². The zero-order chi connectivity index (χ0) is 16.2. The molecule has 2 aromatic carbocycles. The van der Waals surface area contributed by atoms with Crippen LogP contribution in [0.1, 0.15) is 25.0 Å². The predicted octanol–water partition coefficient (Wildman–Crippen LogP) is 5.46. The lowest BCUT2D eigenvalue weighted by molar-refractivity contribution is 0.414. The molecule has 0 saturated heterocycles. The molecular formula is C20H24O2. The van der Waals surface area contributed by atoms with Gasteiger partial charge >= 0.3 is 0 Å². The molecule has 0 radical (unpaired) electrons. The van der Waals surface area contributed by atoms with E-state index in [9.17, 15) is 0 Å². The van der Waals surface area contributed by atoms with Gasteiger partial charge in [0.15, 0.2) is 0 Å². The third-order valence-electron chi connectivity index (χ3n) is 2.95. The molecule has 116 valence electrons. The van der Waals surface area contributed by atoms with Gasteiger partial charge in [-0.1, -0.05) is 48.6 Å². The van der Waals surface area contributed by atoms with Crippen LogP contribution in [0, 0.1) is 0 Å². The molecule has 0 unspecified atom stereocenters. The number of rotatable bonds is 4. The van der Waals surface area contributed by atoms with Gasteiger partial charge < -0.3 is 9.47 Å². The van der Waals surface area contributed by atoms with E-state index in [-0.39, 0.29) is 0 Å². The number of hydrogen-bond donors (Lipinski definition) is 0. The third-order valence-corrected chi connectivity index (χ3v) is 2.95. The third kappa shape index (κ3) is 6.31. The minimum atomic E-state index is 0.901. The quantitative estimate of drug-likeness (QED) is 0.746. The number of hydrogen-bond acceptors (Lipinski definition) is 2. The van der Waals surface area contributed by atoms with E-state index in [1.165, 1.54) is 11.1 Å². The lowest BCUT2D eigenvalue weighted by Crippen LogP contribution is -1.80. The Morgan fingerprint density at radius 3 is 1.14 bits per heavy atom. The normalized spacial score (nSPS) is 10.4. The van der Waals surface area contributed by atoms with E-state index in [0.29, 0.717) is 0 Å². The summed E-state index contributed by atoms with van der Waals surface area (Å²) >= 11 is 0. The first-order valence-corrected chi connectivity index (χ1v) is 7.27. The molecule has 0 atom stereocenters. The fourth-order valence-corrected chi connectivity index (χ4v) is 1.81. The maximum Gasteiger partial charge on any atom is 0.118 e. The van der Waals surface area contributed by atoms with Crippen molar-refractivity contribution in [2.24, 2.45) is 0 Å². The zero-order valence-corrected chi connectivity index (χ0v) is 13.7. The summed E-state index contributed by atoms with van der Waals surface area (Å²) in [6.07, 6.45) is 8.14. The Morgan fingerprint density at radius 2 is 0.909 bits per heavy atom. The number of allylic oxidation sites excluding steroid dienone is 2.